The molecule has 0 bridgehead atoms. The first kappa shape index (κ1) is 7.39. The second kappa shape index (κ2) is 2.49. The maximum absolute atomic E-state index is 2.24. The summed E-state index contributed by atoms with van der Waals surface area (Å²) >= 11 is 0. The molecule has 0 amide bonds. The summed E-state index contributed by atoms with van der Waals surface area (Å²) in [5.41, 5.74) is 2.75. The van der Waals surface area contributed by atoms with E-state index in [9.17, 15) is 0 Å². The van der Waals surface area contributed by atoms with Gasteiger partial charge in [-0.25, -0.2) is 0 Å². The Bertz CT molecular complexity index is 221. The molecule has 0 saturated heterocycles. The third-order valence-corrected chi connectivity index (χ3v) is 2.00. The summed E-state index contributed by atoms with van der Waals surface area (Å²) in [6, 6.07) is 4.36. The van der Waals surface area contributed by atoms with Crippen molar-refractivity contribution in [2.75, 3.05) is 0 Å². The predicted octanol–water partition coefficient (Wildman–Crippen LogP) is 2.46. The van der Waals surface area contributed by atoms with E-state index in [4.69, 9.17) is 0 Å². The second-order valence-corrected chi connectivity index (χ2v) is 3.11. The molecule has 0 spiro atoms. The molecule has 1 aromatic heterocycles. The second-order valence-electron chi connectivity index (χ2n) is 3.11. The molecule has 1 aromatic rings. The van der Waals surface area contributed by atoms with Gasteiger partial charge < -0.3 is 4.57 Å². The van der Waals surface area contributed by atoms with Crippen LogP contribution in [0.4, 0.5) is 0 Å². The molecular formula is C9H15N. The zero-order valence-corrected chi connectivity index (χ0v) is 7.18. The van der Waals surface area contributed by atoms with E-state index >= 15 is 0 Å². The van der Waals surface area contributed by atoms with E-state index in [2.05, 4.69) is 44.5 Å². The third-order valence-electron chi connectivity index (χ3n) is 2.00. The van der Waals surface area contributed by atoms with Crippen molar-refractivity contribution < 1.29 is 0 Å². The molecule has 0 unspecified atom stereocenters. The smallest absolute Gasteiger partial charge is 0.0199 e. The summed E-state index contributed by atoms with van der Waals surface area (Å²) in [6.07, 6.45) is 0. The van der Waals surface area contributed by atoms with Crippen LogP contribution < -0.4 is 0 Å². The summed E-state index contributed by atoms with van der Waals surface area (Å²) in [7, 11) is 2.12. The number of rotatable bonds is 1. The zero-order chi connectivity index (χ0) is 7.72. The van der Waals surface area contributed by atoms with Crippen LogP contribution in [-0.4, -0.2) is 4.57 Å². The van der Waals surface area contributed by atoms with Crippen LogP contribution in [0, 0.1) is 6.92 Å². The van der Waals surface area contributed by atoms with Gasteiger partial charge in [0.1, 0.15) is 0 Å². The number of aryl methyl sites for hydroxylation is 1. The maximum Gasteiger partial charge on any atom is 0.0199 e. The minimum Gasteiger partial charge on any atom is -0.352 e. The first-order valence-corrected chi connectivity index (χ1v) is 3.75. The summed E-state index contributed by atoms with van der Waals surface area (Å²) in [5, 5.41) is 0. The van der Waals surface area contributed by atoms with Crippen molar-refractivity contribution in [3.63, 3.8) is 0 Å². The van der Waals surface area contributed by atoms with Gasteiger partial charge in [0.15, 0.2) is 0 Å². The van der Waals surface area contributed by atoms with E-state index in [0.29, 0.717) is 5.92 Å². The molecule has 56 valence electrons. The Balaban J connectivity index is 3.05. The minimum atomic E-state index is 0.638. The van der Waals surface area contributed by atoms with E-state index in [0.717, 1.165) is 0 Å². The fourth-order valence-electron chi connectivity index (χ4n) is 1.21. The lowest BCUT2D eigenvalue weighted by molar-refractivity contribution is 0.727. The van der Waals surface area contributed by atoms with E-state index in [1.807, 2.05) is 0 Å². The molecule has 1 nitrogen and oxygen atoms in total. The molecular weight excluding hydrogens is 122 g/mol. The Labute approximate surface area is 62.7 Å². The average molecular weight is 137 g/mol. The van der Waals surface area contributed by atoms with Gasteiger partial charge in [0.05, 0.1) is 0 Å². The van der Waals surface area contributed by atoms with E-state index in [1.165, 1.54) is 11.4 Å². The van der Waals surface area contributed by atoms with Gasteiger partial charge in [-0.2, -0.15) is 0 Å². The lowest BCUT2D eigenvalue weighted by atomic mass is 10.1. The van der Waals surface area contributed by atoms with Gasteiger partial charge in [-0.15, -0.1) is 0 Å². The van der Waals surface area contributed by atoms with Gasteiger partial charge in [0.25, 0.3) is 0 Å². The topological polar surface area (TPSA) is 4.93 Å². The van der Waals surface area contributed by atoms with Gasteiger partial charge in [-0.3, -0.25) is 0 Å². The molecule has 1 heterocycles. The van der Waals surface area contributed by atoms with Crippen LogP contribution in [0.2, 0.25) is 0 Å². The highest BCUT2D eigenvalue weighted by molar-refractivity contribution is 5.17. The van der Waals surface area contributed by atoms with Crippen molar-refractivity contribution in [3.8, 4) is 0 Å². The third kappa shape index (κ3) is 1.08. The summed E-state index contributed by atoms with van der Waals surface area (Å²) in [4.78, 5) is 0. The van der Waals surface area contributed by atoms with Crippen molar-refractivity contribution in [1.29, 1.82) is 0 Å². The molecule has 0 aliphatic rings. The van der Waals surface area contributed by atoms with Crippen LogP contribution in [0.1, 0.15) is 31.2 Å². The summed E-state index contributed by atoms with van der Waals surface area (Å²) in [6.45, 7) is 6.56. The maximum atomic E-state index is 2.24. The molecule has 0 aliphatic heterocycles. The number of aromatic nitrogens is 1. The van der Waals surface area contributed by atoms with Crippen molar-refractivity contribution in [2.24, 2.45) is 7.05 Å². The monoisotopic (exact) mass is 137 g/mol. The van der Waals surface area contributed by atoms with Gasteiger partial charge in [0, 0.05) is 18.4 Å². The van der Waals surface area contributed by atoms with Crippen LogP contribution in [0.25, 0.3) is 0 Å². The molecule has 0 radical (unpaired) electrons. The van der Waals surface area contributed by atoms with E-state index < -0.39 is 0 Å². The zero-order valence-electron chi connectivity index (χ0n) is 7.18. The van der Waals surface area contributed by atoms with Crippen LogP contribution >= 0.6 is 0 Å². The van der Waals surface area contributed by atoms with Gasteiger partial charge in [-0.1, -0.05) is 13.8 Å². The molecule has 0 fully saturated rings. The van der Waals surface area contributed by atoms with Crippen LogP contribution in [0.3, 0.4) is 0 Å². The molecule has 1 rings (SSSR count). The van der Waals surface area contributed by atoms with Crippen molar-refractivity contribution >= 4 is 0 Å². The largest absolute Gasteiger partial charge is 0.352 e. The van der Waals surface area contributed by atoms with Gasteiger partial charge in [0.2, 0.25) is 0 Å². The summed E-state index contributed by atoms with van der Waals surface area (Å²) < 4.78 is 2.24. The minimum absolute atomic E-state index is 0.638. The molecule has 10 heavy (non-hydrogen) atoms. The molecule has 0 aromatic carbocycles. The van der Waals surface area contributed by atoms with Gasteiger partial charge in [-0.05, 0) is 25.0 Å². The highest BCUT2D eigenvalue weighted by Crippen LogP contribution is 2.15. The first-order valence-electron chi connectivity index (χ1n) is 3.75. The Hall–Kier alpha value is -0.720. The fraction of sp³-hybridized carbons (Fsp3) is 0.556. The van der Waals surface area contributed by atoms with E-state index in [-0.39, 0.29) is 0 Å². The number of nitrogens with zero attached hydrogens (tertiary/aromatic N) is 1. The molecule has 0 saturated carbocycles. The average Bonchev–Trinajstić information content (AvgIpc) is 2.14. The highest BCUT2D eigenvalue weighted by atomic mass is 14.9. The Morgan fingerprint density at radius 1 is 1.30 bits per heavy atom. The van der Waals surface area contributed by atoms with Crippen molar-refractivity contribution in [3.05, 3.63) is 23.5 Å². The van der Waals surface area contributed by atoms with Crippen LogP contribution in [0.5, 0.6) is 0 Å². The highest BCUT2D eigenvalue weighted by Gasteiger charge is 2.03. The lowest BCUT2D eigenvalue weighted by Crippen LogP contribution is -1.99. The normalized spacial score (nSPS) is 10.9. The van der Waals surface area contributed by atoms with Gasteiger partial charge >= 0.3 is 0 Å². The number of hydrogen-bond donors (Lipinski definition) is 0. The predicted molar refractivity (Wildman–Crippen MR) is 44.2 cm³/mol. The molecule has 0 aliphatic carbocycles. The van der Waals surface area contributed by atoms with Crippen LogP contribution in [-0.2, 0) is 7.05 Å². The Kier molecular flexibility index (Phi) is 1.84. The molecule has 0 N–H and O–H groups in total. The standard InChI is InChI=1S/C9H15N/c1-7(2)9-6-5-8(3)10(9)4/h5-7H,1-4H3. The Morgan fingerprint density at radius 2 is 1.90 bits per heavy atom. The summed E-state index contributed by atoms with van der Waals surface area (Å²) in [5.74, 6) is 0.638. The van der Waals surface area contributed by atoms with E-state index in [1.54, 1.807) is 0 Å². The molecule has 0 atom stereocenters. The number of hydrogen-bond acceptors (Lipinski definition) is 0. The van der Waals surface area contributed by atoms with Crippen molar-refractivity contribution in [1.82, 2.24) is 4.57 Å². The molecule has 1 heteroatoms. The fourth-order valence-corrected chi connectivity index (χ4v) is 1.21. The first-order chi connectivity index (χ1) is 4.63. The Morgan fingerprint density at radius 3 is 2.10 bits per heavy atom. The quantitative estimate of drug-likeness (QED) is 0.560. The lowest BCUT2D eigenvalue weighted by Gasteiger charge is -2.07. The SMILES string of the molecule is Cc1ccc(C(C)C)n1C. The van der Waals surface area contributed by atoms with Crippen molar-refractivity contribution in [2.45, 2.75) is 26.7 Å². The van der Waals surface area contributed by atoms with Crippen LogP contribution in [0.15, 0.2) is 12.1 Å².